The fourth-order valence-corrected chi connectivity index (χ4v) is 7.49. The molecule has 13 heteroatoms. The Kier molecular flexibility index (Phi) is 11.7. The summed E-state index contributed by atoms with van der Waals surface area (Å²) < 4.78 is 26.4. The number of hydrogen-bond donors (Lipinski definition) is 3. The highest BCUT2D eigenvalue weighted by molar-refractivity contribution is 6.74. The zero-order valence-corrected chi connectivity index (χ0v) is 31.3. The number of methoxy groups -OCH3 is 1. The highest BCUT2D eigenvalue weighted by Crippen LogP contribution is 2.43. The molecule has 1 aliphatic rings. The third-order valence-electron chi connectivity index (χ3n) is 9.96. The van der Waals surface area contributed by atoms with Gasteiger partial charge >= 0.3 is 17.6 Å². The minimum Gasteiger partial charge on any atom is -0.497 e. The van der Waals surface area contributed by atoms with Crippen molar-refractivity contribution in [3.8, 4) is 5.75 Å². The van der Waals surface area contributed by atoms with Gasteiger partial charge in [-0.3, -0.25) is 29.3 Å². The summed E-state index contributed by atoms with van der Waals surface area (Å²) in [6.45, 7) is 10.3. The summed E-state index contributed by atoms with van der Waals surface area (Å²) in [6.07, 6.45) is -3.53. The van der Waals surface area contributed by atoms with Crippen LogP contribution in [0.4, 0.5) is 0 Å². The lowest BCUT2D eigenvalue weighted by Gasteiger charge is -2.40. The largest absolute Gasteiger partial charge is 0.497 e. The molecule has 0 spiro atoms. The number of ether oxygens (including phenoxy) is 3. The van der Waals surface area contributed by atoms with Gasteiger partial charge in [0.15, 0.2) is 20.6 Å². The number of hydrogen-bond acceptors (Lipinski definition) is 9. The number of benzene rings is 3. The number of aromatic amines is 1. The van der Waals surface area contributed by atoms with E-state index in [0.29, 0.717) is 5.75 Å². The molecule has 3 N–H and O–H groups in total. The number of H-pyrrole nitrogens is 1. The Balaban J connectivity index is 1.65. The second-order valence-corrected chi connectivity index (χ2v) is 19.1. The highest BCUT2D eigenvalue weighted by Gasteiger charge is 2.53. The van der Waals surface area contributed by atoms with E-state index in [1.165, 1.54) is 16.8 Å². The Morgan fingerprint density at radius 1 is 0.865 bits per heavy atom. The fourth-order valence-electron chi connectivity index (χ4n) is 6.21. The van der Waals surface area contributed by atoms with E-state index < -0.39 is 68.0 Å². The average molecular weight is 730 g/mol. The Hall–Kier alpha value is -4.82. The number of nitrogens with one attached hydrogen (secondary N) is 2. The van der Waals surface area contributed by atoms with E-state index in [2.05, 4.69) is 31.1 Å². The first kappa shape index (κ1) is 38.4. The second kappa shape index (κ2) is 15.8. The minimum atomic E-state index is -2.64. The molecule has 0 unspecified atom stereocenters. The second-order valence-electron chi connectivity index (χ2n) is 14.4. The van der Waals surface area contributed by atoms with Gasteiger partial charge in [-0.15, -0.1) is 0 Å². The molecule has 1 aliphatic heterocycles. The van der Waals surface area contributed by atoms with Gasteiger partial charge in [0, 0.05) is 18.8 Å². The fraction of sp³-hybridized carbons (Fsp3) is 0.385. The average Bonchev–Trinajstić information content (AvgIpc) is 3.43. The topological polar surface area (TPSA) is 158 Å². The minimum absolute atomic E-state index is 0.0820. The van der Waals surface area contributed by atoms with Gasteiger partial charge in [-0.1, -0.05) is 93.6 Å². The van der Waals surface area contributed by atoms with Crippen molar-refractivity contribution < 1.29 is 33.3 Å². The maximum absolute atomic E-state index is 13.3. The summed E-state index contributed by atoms with van der Waals surface area (Å²) in [5, 5.41) is 12.8. The number of carboxylic acid groups (broad SMARTS) is 1. The predicted octanol–water partition coefficient (Wildman–Crippen LogP) is 5.19. The van der Waals surface area contributed by atoms with Gasteiger partial charge < -0.3 is 23.7 Å². The van der Waals surface area contributed by atoms with Gasteiger partial charge in [-0.2, -0.15) is 0 Å². The van der Waals surface area contributed by atoms with Crippen LogP contribution in [0, 0.1) is 0 Å². The van der Waals surface area contributed by atoms with Crippen molar-refractivity contribution in [3.63, 3.8) is 0 Å². The van der Waals surface area contributed by atoms with Gasteiger partial charge in [0.25, 0.3) is 5.56 Å². The Morgan fingerprint density at radius 2 is 1.44 bits per heavy atom. The van der Waals surface area contributed by atoms with E-state index >= 15 is 0 Å². The van der Waals surface area contributed by atoms with Crippen LogP contribution in [-0.2, 0) is 29.0 Å². The molecule has 0 aliphatic carbocycles. The van der Waals surface area contributed by atoms with Gasteiger partial charge in [0.2, 0.25) is 0 Å². The zero-order valence-electron chi connectivity index (χ0n) is 30.3. The summed E-state index contributed by atoms with van der Waals surface area (Å²) in [4.78, 5) is 52.3. The molecule has 4 aromatic rings. The Labute approximate surface area is 303 Å². The summed E-state index contributed by atoms with van der Waals surface area (Å²) in [5.41, 5.74) is 0.474. The zero-order chi connectivity index (χ0) is 37.7. The molecule has 1 fully saturated rings. The standard InChI is InChI=1S/C39H47N3O9Si/c1-38(2,3)52(5,6)51-35-34(50-33(46)22-21-32(44)45)30(49-36(35)42-24-23-31(43)41-37(42)47)25-40-39(26-13-9-7-10-14-26,27-15-11-8-12-16-27)28-17-19-29(48-4)20-18-28/h7-20,23-24,30,34-36,40H,21-22,25H2,1-6H3,(H,44,45)(H,41,43,47)/t30-,34-,35-,36-/m1/s1. The SMILES string of the molecule is COc1ccc(C(NC[C@H]2O[C@@H](n3ccc(=O)[nH]c3=O)[C@H](O[Si](C)(C)C(C)(C)C)[C@@H]2OC(=O)CCC(=O)O)(c2ccccc2)c2ccccc2)cc1. The number of nitrogens with zero attached hydrogens (tertiary/aromatic N) is 1. The molecule has 1 saturated heterocycles. The summed E-state index contributed by atoms with van der Waals surface area (Å²) in [5.74, 6) is -1.20. The van der Waals surface area contributed by atoms with Crippen LogP contribution < -0.4 is 21.3 Å². The van der Waals surface area contributed by atoms with Crippen LogP contribution in [0.2, 0.25) is 18.1 Å². The first-order valence-electron chi connectivity index (χ1n) is 17.2. The van der Waals surface area contributed by atoms with Crippen LogP contribution in [0.25, 0.3) is 0 Å². The third kappa shape index (κ3) is 8.28. The van der Waals surface area contributed by atoms with E-state index in [0.717, 1.165) is 16.7 Å². The molecule has 1 aromatic heterocycles. The van der Waals surface area contributed by atoms with Crippen molar-refractivity contribution in [2.24, 2.45) is 0 Å². The lowest BCUT2D eigenvalue weighted by atomic mass is 9.76. The van der Waals surface area contributed by atoms with Crippen LogP contribution in [0.1, 0.15) is 56.5 Å². The normalized spacial score (nSPS) is 19.3. The van der Waals surface area contributed by atoms with Crippen LogP contribution in [0.3, 0.4) is 0 Å². The van der Waals surface area contributed by atoms with E-state index in [1.54, 1.807) is 7.11 Å². The van der Waals surface area contributed by atoms with E-state index in [-0.39, 0.29) is 18.0 Å². The molecular weight excluding hydrogens is 683 g/mol. The van der Waals surface area contributed by atoms with E-state index in [4.69, 9.17) is 18.6 Å². The lowest BCUT2D eigenvalue weighted by molar-refractivity contribution is -0.157. The van der Waals surface area contributed by atoms with Crippen LogP contribution >= 0.6 is 0 Å². The monoisotopic (exact) mass is 729 g/mol. The van der Waals surface area contributed by atoms with Crippen molar-refractivity contribution in [2.75, 3.05) is 13.7 Å². The van der Waals surface area contributed by atoms with Crippen LogP contribution in [-0.4, -0.2) is 66.9 Å². The lowest BCUT2D eigenvalue weighted by Crippen LogP contribution is -2.53. The molecule has 5 rings (SSSR count). The first-order chi connectivity index (χ1) is 24.7. The van der Waals surface area contributed by atoms with Gasteiger partial charge in [0.1, 0.15) is 18.0 Å². The van der Waals surface area contributed by atoms with Crippen molar-refractivity contribution in [1.29, 1.82) is 0 Å². The van der Waals surface area contributed by atoms with Crippen molar-refractivity contribution in [1.82, 2.24) is 14.9 Å². The quantitative estimate of drug-likeness (QED) is 0.0896. The molecule has 0 bridgehead atoms. The molecule has 0 radical (unpaired) electrons. The molecule has 0 saturated carbocycles. The number of aromatic nitrogens is 2. The van der Waals surface area contributed by atoms with Crippen molar-refractivity contribution in [2.45, 2.75) is 81.8 Å². The molecule has 12 nitrogen and oxygen atoms in total. The number of rotatable bonds is 14. The van der Waals surface area contributed by atoms with Crippen molar-refractivity contribution >= 4 is 20.3 Å². The van der Waals surface area contributed by atoms with Crippen LogP contribution in [0.5, 0.6) is 5.75 Å². The van der Waals surface area contributed by atoms with E-state index in [1.807, 2.05) is 98.0 Å². The molecule has 0 amide bonds. The molecule has 4 atom stereocenters. The molecule has 52 heavy (non-hydrogen) atoms. The van der Waals surface area contributed by atoms with Gasteiger partial charge in [-0.05, 0) is 47.0 Å². The number of aliphatic carboxylic acids is 1. The molecule has 3 aromatic carbocycles. The third-order valence-corrected chi connectivity index (χ3v) is 14.4. The molecule has 276 valence electrons. The number of carboxylic acids is 1. The van der Waals surface area contributed by atoms with Crippen LogP contribution in [0.15, 0.2) is 107 Å². The predicted molar refractivity (Wildman–Crippen MR) is 198 cm³/mol. The number of esters is 1. The highest BCUT2D eigenvalue weighted by atomic mass is 28.4. The Morgan fingerprint density at radius 3 is 1.96 bits per heavy atom. The summed E-state index contributed by atoms with van der Waals surface area (Å²) in [6, 6.07) is 28.8. The first-order valence-corrected chi connectivity index (χ1v) is 20.1. The summed E-state index contributed by atoms with van der Waals surface area (Å²) in [7, 11) is -1.04. The Bertz CT molecular complexity index is 1900. The maximum atomic E-state index is 13.3. The maximum Gasteiger partial charge on any atom is 0.330 e. The van der Waals surface area contributed by atoms with Crippen molar-refractivity contribution in [3.05, 3.63) is 135 Å². The van der Waals surface area contributed by atoms with E-state index in [9.17, 15) is 24.3 Å². The number of carbonyl (C=O) groups is 2. The van der Waals surface area contributed by atoms with Gasteiger partial charge in [-0.25, -0.2) is 4.79 Å². The smallest absolute Gasteiger partial charge is 0.330 e. The van der Waals surface area contributed by atoms with Gasteiger partial charge in [0.05, 0.1) is 25.5 Å². The summed E-state index contributed by atoms with van der Waals surface area (Å²) >= 11 is 0. The number of carbonyl (C=O) groups excluding carboxylic acids is 1. The molecule has 2 heterocycles. The molecular formula is C39H47N3O9Si.